The van der Waals surface area contributed by atoms with Crippen molar-refractivity contribution < 1.29 is 22.7 Å². The van der Waals surface area contributed by atoms with Crippen molar-refractivity contribution in [2.24, 2.45) is 0 Å². The average molecular weight is 612 g/mol. The van der Waals surface area contributed by atoms with Crippen LogP contribution >= 0.6 is 0 Å². The van der Waals surface area contributed by atoms with E-state index < -0.39 is 10.0 Å². The molecule has 1 N–H and O–H groups in total. The number of aryl methyl sites for hydroxylation is 1. The zero-order valence-corrected chi connectivity index (χ0v) is 26.2. The summed E-state index contributed by atoms with van der Waals surface area (Å²) in [5, 5.41) is 0. The summed E-state index contributed by atoms with van der Waals surface area (Å²) in [5.74, 6) is 0.0646. The van der Waals surface area contributed by atoms with Crippen molar-refractivity contribution in [3.63, 3.8) is 0 Å². The number of anilines is 1. The molecule has 4 aromatic carbocycles. The maximum absolute atomic E-state index is 13.8. The fourth-order valence-electron chi connectivity index (χ4n) is 5.68. The second-order valence-corrected chi connectivity index (χ2v) is 12.9. The number of amides is 2. The van der Waals surface area contributed by atoms with E-state index in [-0.39, 0.29) is 28.5 Å². The largest absolute Gasteiger partial charge is 0.495 e. The average Bonchev–Trinajstić information content (AvgIpc) is 3.03. The van der Waals surface area contributed by atoms with Gasteiger partial charge in [0.2, 0.25) is 5.91 Å². The number of nitrogens with zero attached hydrogens (tertiary/aromatic N) is 2. The van der Waals surface area contributed by atoms with Crippen LogP contribution in [0.2, 0.25) is 0 Å². The number of likely N-dealkylation sites (N-methyl/N-ethyl adjacent to an activating group) is 1. The molecule has 9 heteroatoms. The molecular weight excluding hydrogens is 574 g/mol. The molecule has 1 unspecified atom stereocenters. The lowest BCUT2D eigenvalue weighted by molar-refractivity contribution is -0.131. The van der Waals surface area contributed by atoms with Gasteiger partial charge in [0.1, 0.15) is 10.6 Å². The van der Waals surface area contributed by atoms with Gasteiger partial charge in [-0.1, -0.05) is 54.6 Å². The molecule has 5 rings (SSSR count). The van der Waals surface area contributed by atoms with Crippen LogP contribution < -0.4 is 9.46 Å². The summed E-state index contributed by atoms with van der Waals surface area (Å²) < 4.78 is 35.8. The van der Waals surface area contributed by atoms with Gasteiger partial charge in [0.05, 0.1) is 19.6 Å². The standard InChI is InChI=1S/C35H37N3O5S/c1-37(2)35(40)28-14-8-13-26(21-28)27-17-19-32(43-4)33(22-27)44(41,42)36-29-18-16-25-12-9-15-31(30(25)23-29)38(3)34(39)20-24-10-6-5-7-11-24/h5-8,10-11,13-14,16-19,21-23,31,36H,9,12,15,20H2,1-4H3. The lowest BCUT2D eigenvalue weighted by Crippen LogP contribution is -2.34. The van der Waals surface area contributed by atoms with E-state index in [9.17, 15) is 18.0 Å². The number of methoxy groups -OCH3 is 1. The van der Waals surface area contributed by atoms with Crippen LogP contribution in [0.15, 0.2) is 95.9 Å². The first kappa shape index (κ1) is 30.8. The monoisotopic (exact) mass is 611 g/mol. The molecule has 44 heavy (non-hydrogen) atoms. The lowest BCUT2D eigenvalue weighted by Gasteiger charge is -2.34. The van der Waals surface area contributed by atoms with Crippen LogP contribution in [0.25, 0.3) is 11.1 Å². The topological polar surface area (TPSA) is 96.0 Å². The number of rotatable bonds is 9. The van der Waals surface area contributed by atoms with Gasteiger partial charge in [-0.2, -0.15) is 0 Å². The molecule has 0 fully saturated rings. The number of nitrogens with one attached hydrogen (secondary N) is 1. The Hall–Kier alpha value is -4.63. The minimum Gasteiger partial charge on any atom is -0.495 e. The van der Waals surface area contributed by atoms with E-state index in [0.717, 1.165) is 36.0 Å². The molecule has 1 atom stereocenters. The van der Waals surface area contributed by atoms with Crippen LogP contribution in [0.3, 0.4) is 0 Å². The third kappa shape index (κ3) is 6.63. The maximum atomic E-state index is 13.8. The Kier molecular flexibility index (Phi) is 9.06. The van der Waals surface area contributed by atoms with E-state index in [1.165, 1.54) is 12.0 Å². The molecule has 4 aromatic rings. The van der Waals surface area contributed by atoms with Gasteiger partial charge in [-0.25, -0.2) is 8.42 Å². The Bertz CT molecular complexity index is 1790. The van der Waals surface area contributed by atoms with E-state index in [1.54, 1.807) is 61.5 Å². The molecule has 0 spiro atoms. The second kappa shape index (κ2) is 12.9. The number of ether oxygens (including phenoxy) is 1. The number of fused-ring (bicyclic) bond motifs is 1. The van der Waals surface area contributed by atoms with E-state index >= 15 is 0 Å². The van der Waals surface area contributed by atoms with Crippen LogP contribution in [0.4, 0.5) is 5.69 Å². The van der Waals surface area contributed by atoms with Gasteiger partial charge >= 0.3 is 0 Å². The summed E-state index contributed by atoms with van der Waals surface area (Å²) in [5.41, 5.74) is 5.25. The minimum atomic E-state index is -4.08. The molecule has 0 saturated carbocycles. The van der Waals surface area contributed by atoms with Gasteiger partial charge < -0.3 is 14.5 Å². The highest BCUT2D eigenvalue weighted by Crippen LogP contribution is 2.37. The number of sulfonamides is 1. The van der Waals surface area contributed by atoms with E-state index in [0.29, 0.717) is 28.8 Å². The Labute approximate surface area is 259 Å². The first-order valence-electron chi connectivity index (χ1n) is 14.5. The molecule has 228 valence electrons. The molecular formula is C35H37N3O5S. The number of hydrogen-bond acceptors (Lipinski definition) is 5. The minimum absolute atomic E-state index is 0.0120. The molecule has 8 nitrogen and oxygen atoms in total. The molecule has 2 amide bonds. The highest BCUT2D eigenvalue weighted by atomic mass is 32.2. The van der Waals surface area contributed by atoms with Crippen molar-refractivity contribution in [3.8, 4) is 16.9 Å². The highest BCUT2D eigenvalue weighted by molar-refractivity contribution is 7.92. The first-order chi connectivity index (χ1) is 21.1. The molecule has 1 aliphatic rings. The summed E-state index contributed by atoms with van der Waals surface area (Å²) in [6, 6.07) is 27.0. The van der Waals surface area contributed by atoms with E-state index in [2.05, 4.69) is 4.72 Å². The van der Waals surface area contributed by atoms with Gasteiger partial charge in [0.15, 0.2) is 0 Å². The van der Waals surface area contributed by atoms with Gasteiger partial charge in [-0.05, 0) is 83.5 Å². The number of carbonyl (C=O) groups is 2. The van der Waals surface area contributed by atoms with Crippen LogP contribution in [0.1, 0.15) is 45.9 Å². The number of benzene rings is 4. The van der Waals surface area contributed by atoms with Crippen molar-refractivity contribution in [2.45, 2.75) is 36.6 Å². The predicted molar refractivity (Wildman–Crippen MR) is 172 cm³/mol. The Morgan fingerprint density at radius 3 is 2.36 bits per heavy atom. The zero-order chi connectivity index (χ0) is 31.4. The third-order valence-electron chi connectivity index (χ3n) is 8.04. The second-order valence-electron chi connectivity index (χ2n) is 11.2. The van der Waals surface area contributed by atoms with Crippen molar-refractivity contribution >= 4 is 27.5 Å². The summed E-state index contributed by atoms with van der Waals surface area (Å²) in [6.07, 6.45) is 2.91. The first-order valence-corrected chi connectivity index (χ1v) is 16.0. The van der Waals surface area contributed by atoms with Crippen LogP contribution in [-0.4, -0.2) is 58.3 Å². The summed E-state index contributed by atoms with van der Waals surface area (Å²) in [7, 11) is 2.53. The van der Waals surface area contributed by atoms with Crippen molar-refractivity contribution in [2.75, 3.05) is 33.0 Å². The van der Waals surface area contributed by atoms with Crippen molar-refractivity contribution in [1.29, 1.82) is 0 Å². The van der Waals surface area contributed by atoms with E-state index in [4.69, 9.17) is 4.74 Å². The summed E-state index contributed by atoms with van der Waals surface area (Å²) >= 11 is 0. The van der Waals surface area contributed by atoms with Gasteiger partial charge in [0, 0.05) is 32.4 Å². The summed E-state index contributed by atoms with van der Waals surface area (Å²) in [6.45, 7) is 0. The van der Waals surface area contributed by atoms with E-state index in [1.807, 2.05) is 55.6 Å². The normalized spacial score (nSPS) is 14.3. The van der Waals surface area contributed by atoms with Gasteiger partial charge in [0.25, 0.3) is 15.9 Å². The Morgan fingerprint density at radius 1 is 0.886 bits per heavy atom. The van der Waals surface area contributed by atoms with Gasteiger partial charge in [-0.3, -0.25) is 14.3 Å². The van der Waals surface area contributed by atoms with Crippen LogP contribution in [-0.2, 0) is 27.7 Å². The Balaban J connectivity index is 1.43. The summed E-state index contributed by atoms with van der Waals surface area (Å²) in [4.78, 5) is 29.0. The maximum Gasteiger partial charge on any atom is 0.265 e. The molecule has 0 saturated heterocycles. The molecule has 0 aliphatic heterocycles. The molecule has 0 bridgehead atoms. The highest BCUT2D eigenvalue weighted by Gasteiger charge is 2.28. The van der Waals surface area contributed by atoms with Gasteiger partial charge in [-0.15, -0.1) is 0 Å². The Morgan fingerprint density at radius 2 is 1.64 bits per heavy atom. The molecule has 1 aliphatic carbocycles. The molecule has 0 heterocycles. The molecule has 0 aromatic heterocycles. The van der Waals surface area contributed by atoms with Crippen molar-refractivity contribution in [3.05, 3.63) is 113 Å². The fourth-order valence-corrected chi connectivity index (χ4v) is 6.92. The van der Waals surface area contributed by atoms with Crippen LogP contribution in [0.5, 0.6) is 5.75 Å². The van der Waals surface area contributed by atoms with Crippen molar-refractivity contribution in [1.82, 2.24) is 9.80 Å². The SMILES string of the molecule is COc1ccc(-c2cccc(C(=O)N(C)C)c2)cc1S(=O)(=O)Nc1ccc2c(c1)C(N(C)C(=O)Cc1ccccc1)CCC2. The van der Waals surface area contributed by atoms with Crippen LogP contribution in [0, 0.1) is 0 Å². The predicted octanol–water partition coefficient (Wildman–Crippen LogP) is 5.94. The zero-order valence-electron chi connectivity index (χ0n) is 25.4. The number of hydrogen-bond donors (Lipinski definition) is 1. The fraction of sp³-hybridized carbons (Fsp3) is 0.257. The third-order valence-corrected chi connectivity index (χ3v) is 9.44. The molecule has 0 radical (unpaired) electrons. The lowest BCUT2D eigenvalue weighted by atomic mass is 9.86. The number of carbonyl (C=O) groups excluding carboxylic acids is 2. The quantitative estimate of drug-likeness (QED) is 0.253. The smallest absolute Gasteiger partial charge is 0.265 e.